The van der Waals surface area contributed by atoms with Crippen LogP contribution in [0.1, 0.15) is 132 Å². The number of carbonyl (C=O) groups is 7. The van der Waals surface area contributed by atoms with Gasteiger partial charge in [-0.1, -0.05) is 78.4 Å². The third kappa shape index (κ3) is 10.4. The van der Waals surface area contributed by atoms with E-state index in [1.165, 1.54) is 18.7 Å². The summed E-state index contributed by atoms with van der Waals surface area (Å²) in [6.07, 6.45) is 12.8. The zero-order valence-electron chi connectivity index (χ0n) is 33.3. The number of urea groups is 1. The minimum absolute atomic E-state index is 0.0540. The number of Topliss-reactive ketones (excluding diaryl/α,β-unsaturated/α-hetero) is 1. The lowest BCUT2D eigenvalue weighted by molar-refractivity contribution is -0.146. The van der Waals surface area contributed by atoms with Crippen molar-refractivity contribution in [1.82, 2.24) is 26.2 Å². The summed E-state index contributed by atoms with van der Waals surface area (Å²) in [6, 6.07) is -5.21. The maximum atomic E-state index is 14.7. The highest BCUT2D eigenvalue weighted by Gasteiger charge is 2.51. The van der Waals surface area contributed by atoms with Crippen molar-refractivity contribution in [2.75, 3.05) is 6.54 Å². The van der Waals surface area contributed by atoms with Gasteiger partial charge >= 0.3 is 12.0 Å². The number of nitrogens with two attached hydrogens (primary N) is 1. The van der Waals surface area contributed by atoms with E-state index < -0.39 is 76.5 Å². The van der Waals surface area contributed by atoms with Crippen molar-refractivity contribution in [3.05, 3.63) is 11.6 Å². The molecule has 0 aromatic heterocycles. The molecule has 3 aliphatic carbocycles. The molecule has 7 N–H and O–H groups in total. The van der Waals surface area contributed by atoms with Gasteiger partial charge in [-0.3, -0.25) is 24.0 Å². The van der Waals surface area contributed by atoms with E-state index >= 15 is 0 Å². The summed E-state index contributed by atoms with van der Waals surface area (Å²) in [5, 5.41) is 20.4. The second-order valence-electron chi connectivity index (χ2n) is 18.4. The molecule has 0 bridgehead atoms. The fourth-order valence-corrected chi connectivity index (χ4v) is 8.24. The number of allylic oxidation sites excluding steroid dienone is 1. The summed E-state index contributed by atoms with van der Waals surface area (Å²) in [4.78, 5) is 94.4. The van der Waals surface area contributed by atoms with E-state index in [4.69, 9.17) is 5.73 Å². The molecule has 3 saturated carbocycles. The van der Waals surface area contributed by atoms with Crippen LogP contribution in [-0.2, 0) is 28.8 Å². The van der Waals surface area contributed by atoms with Gasteiger partial charge in [0.05, 0.1) is 6.04 Å². The molecule has 54 heavy (non-hydrogen) atoms. The summed E-state index contributed by atoms with van der Waals surface area (Å²) < 4.78 is 0. The van der Waals surface area contributed by atoms with Crippen LogP contribution in [-0.4, -0.2) is 87.7 Å². The van der Waals surface area contributed by atoms with Crippen molar-refractivity contribution in [2.24, 2.45) is 34.3 Å². The number of hydrogen-bond acceptors (Lipinski definition) is 7. The number of hydrogen-bond donors (Lipinski definition) is 6. The number of likely N-dealkylation sites (tertiary alicyclic amines) is 1. The molecule has 0 radical (unpaired) electrons. The predicted octanol–water partition coefficient (Wildman–Crippen LogP) is 3.71. The first-order valence-electron chi connectivity index (χ1n) is 19.9. The van der Waals surface area contributed by atoms with Gasteiger partial charge in [0.15, 0.2) is 0 Å². The van der Waals surface area contributed by atoms with Gasteiger partial charge in [0.2, 0.25) is 23.5 Å². The largest absolute Gasteiger partial charge is 0.480 e. The third-order valence-corrected chi connectivity index (χ3v) is 12.6. The van der Waals surface area contributed by atoms with Crippen LogP contribution >= 0.6 is 0 Å². The third-order valence-electron chi connectivity index (χ3n) is 12.6. The van der Waals surface area contributed by atoms with Gasteiger partial charge in [-0.2, -0.15) is 0 Å². The van der Waals surface area contributed by atoms with Crippen molar-refractivity contribution in [3.63, 3.8) is 0 Å². The van der Waals surface area contributed by atoms with Gasteiger partial charge in [0.25, 0.3) is 5.91 Å². The summed E-state index contributed by atoms with van der Waals surface area (Å²) in [5.41, 5.74) is 3.72. The fourth-order valence-electron chi connectivity index (χ4n) is 8.24. The maximum absolute atomic E-state index is 14.7. The lowest BCUT2D eigenvalue weighted by Crippen LogP contribution is -2.62. The second kappa shape index (κ2) is 17.2. The van der Waals surface area contributed by atoms with Crippen LogP contribution in [0, 0.1) is 28.6 Å². The van der Waals surface area contributed by atoms with Crippen LogP contribution in [0.25, 0.3) is 0 Å². The quantitative estimate of drug-likeness (QED) is 0.107. The number of carbonyl (C=O) groups excluding carboxylic acids is 6. The first-order valence-corrected chi connectivity index (χ1v) is 19.9. The minimum Gasteiger partial charge on any atom is -0.480 e. The summed E-state index contributed by atoms with van der Waals surface area (Å²) >= 11 is 0. The number of nitrogens with one attached hydrogen (secondary N) is 4. The standard InChI is InChI=1S/C40H64N6O8/c1-38(2,3)31(44-37(54)43-28(20-23-13-9-8-10-14-23)33(49)45-40(6,7)36(52)53)35(51)46-22-26(39(4,5)25-17-12-18-25)21-29(46)34(50)42-27(30(47)32(41)48)19-24-15-11-16-24/h20,24-29,31H,8-19,21-22H2,1-7H3,(H2,41,48)(H,42,50)(H,45,49)(H,52,53)(H2,43,44,54)/t26?,27?,28?,29-,31?/m0/s1. The maximum Gasteiger partial charge on any atom is 0.328 e. The van der Waals surface area contributed by atoms with Crippen LogP contribution in [0.2, 0.25) is 0 Å². The Morgan fingerprint density at radius 2 is 1.44 bits per heavy atom. The van der Waals surface area contributed by atoms with Crippen LogP contribution < -0.4 is 27.0 Å². The number of aliphatic carboxylic acids is 1. The smallest absolute Gasteiger partial charge is 0.328 e. The number of nitrogens with zero attached hydrogens (tertiary/aromatic N) is 1. The van der Waals surface area contributed by atoms with E-state index in [9.17, 15) is 38.7 Å². The molecule has 1 saturated heterocycles. The molecule has 0 spiro atoms. The second-order valence-corrected chi connectivity index (χ2v) is 18.4. The number of carboxylic acid groups (broad SMARTS) is 1. The summed E-state index contributed by atoms with van der Waals surface area (Å²) in [6.45, 7) is 12.7. The Morgan fingerprint density at radius 3 is 1.94 bits per heavy atom. The molecule has 1 aliphatic heterocycles. The Balaban J connectivity index is 1.60. The average Bonchev–Trinajstić information content (AvgIpc) is 3.49. The molecule has 1 heterocycles. The van der Waals surface area contributed by atoms with Gasteiger partial charge in [-0.15, -0.1) is 0 Å². The van der Waals surface area contributed by atoms with E-state index in [1.807, 2.05) is 0 Å². The molecule has 5 atom stereocenters. The molecular formula is C40H64N6O8. The monoisotopic (exact) mass is 756 g/mol. The number of primary amides is 1. The Morgan fingerprint density at radius 1 is 0.833 bits per heavy atom. The van der Waals surface area contributed by atoms with Crippen molar-refractivity contribution in [3.8, 4) is 0 Å². The molecule has 4 aliphatic rings. The van der Waals surface area contributed by atoms with Gasteiger partial charge < -0.3 is 37.0 Å². The highest BCUT2D eigenvalue weighted by atomic mass is 16.4. The van der Waals surface area contributed by atoms with Crippen molar-refractivity contribution in [2.45, 2.75) is 162 Å². The Labute approximate surface area is 319 Å². The van der Waals surface area contributed by atoms with E-state index in [-0.39, 0.29) is 23.8 Å². The predicted molar refractivity (Wildman–Crippen MR) is 203 cm³/mol. The minimum atomic E-state index is -1.60. The van der Waals surface area contributed by atoms with Gasteiger partial charge in [-0.05, 0) is 93.8 Å². The lowest BCUT2D eigenvalue weighted by Gasteiger charge is -2.44. The molecule has 4 unspecified atom stereocenters. The topological polar surface area (TPSA) is 217 Å². The highest BCUT2D eigenvalue weighted by molar-refractivity contribution is 6.37. The van der Waals surface area contributed by atoms with E-state index in [2.05, 4.69) is 35.1 Å². The molecule has 14 nitrogen and oxygen atoms in total. The molecule has 0 aromatic carbocycles. The molecule has 6 amide bonds. The zero-order valence-corrected chi connectivity index (χ0v) is 33.3. The molecule has 14 heteroatoms. The summed E-state index contributed by atoms with van der Waals surface area (Å²) in [5.74, 6) is -4.38. The SMILES string of the molecule is CC(C)(NC(=O)C(C=C1CCCCC1)NC(=O)NC(C(=O)N1CC(C(C)(C)C2CCC2)C[C@H]1C(=O)NC(CC1CCC1)C(=O)C(N)=O)C(C)(C)C)C(=O)O. The number of carboxylic acids is 1. The molecule has 302 valence electrons. The number of rotatable bonds is 15. The van der Waals surface area contributed by atoms with Crippen LogP contribution in [0.5, 0.6) is 0 Å². The fraction of sp³-hybridized carbons (Fsp3) is 0.775. The van der Waals surface area contributed by atoms with Gasteiger partial charge in [0, 0.05) is 6.54 Å². The molecular weight excluding hydrogens is 692 g/mol. The van der Waals surface area contributed by atoms with E-state index in [0.717, 1.165) is 76.2 Å². The molecule has 4 rings (SSSR count). The normalized spacial score (nSPS) is 22.8. The molecule has 4 fully saturated rings. The van der Waals surface area contributed by atoms with Gasteiger partial charge in [0.1, 0.15) is 23.7 Å². The Bertz CT molecular complexity index is 1480. The zero-order chi connectivity index (χ0) is 40.2. The Hall–Kier alpha value is -3.97. The Kier molecular flexibility index (Phi) is 13.6. The average molecular weight is 757 g/mol. The highest BCUT2D eigenvalue weighted by Crippen LogP contribution is 2.50. The van der Waals surface area contributed by atoms with E-state index in [0.29, 0.717) is 18.8 Å². The number of amides is 6. The lowest BCUT2D eigenvalue weighted by atomic mass is 9.61. The van der Waals surface area contributed by atoms with Crippen molar-refractivity contribution < 1.29 is 38.7 Å². The van der Waals surface area contributed by atoms with Crippen molar-refractivity contribution >= 4 is 41.4 Å². The van der Waals surface area contributed by atoms with Gasteiger partial charge in [-0.25, -0.2) is 9.59 Å². The van der Waals surface area contributed by atoms with Crippen LogP contribution in [0.3, 0.4) is 0 Å². The van der Waals surface area contributed by atoms with Crippen LogP contribution in [0.4, 0.5) is 4.79 Å². The summed E-state index contributed by atoms with van der Waals surface area (Å²) in [7, 11) is 0. The number of ketones is 1. The van der Waals surface area contributed by atoms with Crippen LogP contribution in [0.15, 0.2) is 11.6 Å². The first-order chi connectivity index (χ1) is 25.1. The molecule has 0 aromatic rings. The van der Waals surface area contributed by atoms with Crippen molar-refractivity contribution in [1.29, 1.82) is 0 Å². The van der Waals surface area contributed by atoms with E-state index in [1.54, 1.807) is 26.8 Å². The first kappa shape index (κ1) is 42.8.